The number of hydrogen-bond acceptors (Lipinski definition) is 1. The average molecular weight is 632 g/mol. The van der Waals surface area contributed by atoms with Crippen LogP contribution in [0.15, 0.2) is 0 Å². The average Bonchev–Trinajstić information content (AvgIpc) is 2.57. The fourth-order valence-electron chi connectivity index (χ4n) is 2.02. The predicted molar refractivity (Wildman–Crippen MR) is 79.4 cm³/mol. The van der Waals surface area contributed by atoms with Gasteiger partial charge in [-0.15, -0.1) is 0 Å². The zero-order chi connectivity index (χ0) is 26.4. The molecule has 0 radical (unpaired) electrons. The molecule has 0 saturated heterocycles. The number of rotatable bonds is 11. The van der Waals surface area contributed by atoms with E-state index in [0.717, 1.165) is 22.6 Å². The van der Waals surface area contributed by atoms with Gasteiger partial charge in [-0.3, -0.25) is 0 Å². The molecule has 1 unspecified atom stereocenters. The Balaban J connectivity index is 6.47. The van der Waals surface area contributed by atoms with E-state index >= 15 is 0 Å². The third kappa shape index (κ3) is 4.69. The molecule has 0 amide bonds. The Bertz CT molecular complexity index is 641. The highest BCUT2D eigenvalue weighted by Crippen LogP contribution is 2.64. The molecule has 0 heterocycles. The second kappa shape index (κ2) is 8.94. The summed E-state index contributed by atoms with van der Waals surface area (Å²) in [6.45, 7) is -0.746. The number of aliphatic hydroxyl groups is 1. The highest BCUT2D eigenvalue weighted by atomic mass is 127. The minimum absolute atomic E-state index is 0.418. The molecule has 1 N–H and O–H groups in total. The molecule has 32 heavy (non-hydrogen) atoms. The zero-order valence-corrected chi connectivity index (χ0v) is 16.8. The number of aliphatic hydroxyl groups excluding tert-OH is 1. The molecule has 0 spiro atoms. The Morgan fingerprint density at radius 1 is 0.531 bits per heavy atom. The maximum absolute atomic E-state index is 13.6. The zero-order valence-electron chi connectivity index (χ0n) is 14.7. The lowest BCUT2D eigenvalue weighted by Gasteiger charge is -2.43. The lowest BCUT2D eigenvalue weighted by atomic mass is 9.88. The van der Waals surface area contributed by atoms with Gasteiger partial charge in [0.05, 0.1) is 0 Å². The summed E-state index contributed by atoms with van der Waals surface area (Å²) in [4.78, 5) is 0. The van der Waals surface area contributed by atoms with E-state index in [0.29, 0.717) is 0 Å². The standard InChI is InChI=1S/C13H10F17IO/c14-6(15,4-5(31)2-1-3-32)7(16,17)8(18,19)9(20,21)10(22,23)11(24,25)12(26,27)13(28,29)30/h5,32H,1-4H2. The van der Waals surface area contributed by atoms with Gasteiger partial charge in [0.25, 0.3) is 0 Å². The molecule has 0 aromatic carbocycles. The molecule has 194 valence electrons. The molecule has 19 heteroatoms. The summed E-state index contributed by atoms with van der Waals surface area (Å²) in [5.41, 5.74) is 0. The Morgan fingerprint density at radius 3 is 1.16 bits per heavy atom. The molecule has 0 aromatic heterocycles. The van der Waals surface area contributed by atoms with Crippen molar-refractivity contribution in [3.8, 4) is 0 Å². The van der Waals surface area contributed by atoms with E-state index in [9.17, 15) is 74.6 Å². The summed E-state index contributed by atoms with van der Waals surface area (Å²) in [6.07, 6.45) is -11.3. The van der Waals surface area contributed by atoms with E-state index in [4.69, 9.17) is 5.11 Å². The quantitative estimate of drug-likeness (QED) is 0.149. The monoisotopic (exact) mass is 632 g/mol. The second-order valence-electron chi connectivity index (χ2n) is 6.32. The van der Waals surface area contributed by atoms with Crippen molar-refractivity contribution in [3.63, 3.8) is 0 Å². The van der Waals surface area contributed by atoms with Gasteiger partial charge in [-0.1, -0.05) is 22.6 Å². The fourth-order valence-corrected chi connectivity index (χ4v) is 3.01. The fraction of sp³-hybridized carbons (Fsp3) is 1.00. The Kier molecular flexibility index (Phi) is 8.80. The van der Waals surface area contributed by atoms with E-state index in [1.807, 2.05) is 0 Å². The molecular weight excluding hydrogens is 622 g/mol. The number of halogens is 18. The molecule has 0 saturated carbocycles. The van der Waals surface area contributed by atoms with Crippen molar-refractivity contribution in [1.29, 1.82) is 0 Å². The molecule has 1 atom stereocenters. The first-order valence-electron chi connectivity index (χ1n) is 7.67. The summed E-state index contributed by atoms with van der Waals surface area (Å²) >= 11 is 0.878. The van der Waals surface area contributed by atoms with Gasteiger partial charge in [-0.05, 0) is 12.8 Å². The number of hydrogen-bond donors (Lipinski definition) is 1. The molecule has 0 fully saturated rings. The summed E-state index contributed by atoms with van der Waals surface area (Å²) in [5, 5.41) is 8.44. The van der Waals surface area contributed by atoms with Crippen molar-refractivity contribution in [2.24, 2.45) is 0 Å². The van der Waals surface area contributed by atoms with Crippen molar-refractivity contribution in [1.82, 2.24) is 0 Å². The van der Waals surface area contributed by atoms with E-state index in [1.54, 1.807) is 0 Å². The third-order valence-corrected chi connectivity index (χ3v) is 5.00. The van der Waals surface area contributed by atoms with Crippen molar-refractivity contribution < 1.29 is 79.7 Å². The van der Waals surface area contributed by atoms with Gasteiger partial charge >= 0.3 is 47.6 Å². The molecule has 0 aliphatic heterocycles. The SMILES string of the molecule is OCCCC(I)CC(F)(F)C(F)(F)C(F)(F)C(F)(F)C(F)(F)C(F)(F)C(F)(F)C(F)(F)F. The van der Waals surface area contributed by atoms with Gasteiger partial charge in [0, 0.05) is 17.0 Å². The van der Waals surface area contributed by atoms with Crippen LogP contribution in [0.25, 0.3) is 0 Å². The Hall–Kier alpha value is -0.500. The molecule has 1 nitrogen and oxygen atoms in total. The lowest BCUT2D eigenvalue weighted by molar-refractivity contribution is -0.461. The minimum atomic E-state index is -8.61. The van der Waals surface area contributed by atoms with Gasteiger partial charge in [0.2, 0.25) is 0 Å². The largest absolute Gasteiger partial charge is 0.460 e. The summed E-state index contributed by atoms with van der Waals surface area (Å²) in [5.74, 6) is -56.1. The highest BCUT2D eigenvalue weighted by Gasteiger charge is 2.95. The van der Waals surface area contributed by atoms with Crippen LogP contribution in [0.3, 0.4) is 0 Å². The normalized spacial score (nSPS) is 17.0. The van der Waals surface area contributed by atoms with E-state index in [1.165, 1.54) is 0 Å². The van der Waals surface area contributed by atoms with Crippen LogP contribution in [0.1, 0.15) is 19.3 Å². The predicted octanol–water partition coefficient (Wildman–Crippen LogP) is 6.96. The first-order valence-corrected chi connectivity index (χ1v) is 8.91. The van der Waals surface area contributed by atoms with E-state index in [-0.39, 0.29) is 0 Å². The van der Waals surface area contributed by atoms with Gasteiger partial charge in [0.1, 0.15) is 0 Å². The molecule has 0 aliphatic rings. The van der Waals surface area contributed by atoms with Crippen LogP contribution in [0.2, 0.25) is 0 Å². The highest BCUT2D eigenvalue weighted by molar-refractivity contribution is 14.1. The molecule has 0 bridgehead atoms. The molecule has 0 rings (SSSR count). The van der Waals surface area contributed by atoms with Gasteiger partial charge in [-0.25, -0.2) is 0 Å². The molecule has 0 aromatic rings. The smallest absolute Gasteiger partial charge is 0.396 e. The van der Waals surface area contributed by atoms with Crippen molar-refractivity contribution >= 4 is 22.6 Å². The lowest BCUT2D eigenvalue weighted by Crippen LogP contribution is -2.74. The summed E-state index contributed by atoms with van der Waals surface area (Å²) in [7, 11) is 0. The maximum Gasteiger partial charge on any atom is 0.460 e. The number of alkyl halides is 18. The summed E-state index contributed by atoms with van der Waals surface area (Å²) in [6, 6.07) is 0. The van der Waals surface area contributed by atoms with E-state index < -0.39 is 77.4 Å². The second-order valence-corrected chi connectivity index (χ2v) is 8.08. The molecule has 0 aliphatic carbocycles. The van der Waals surface area contributed by atoms with Gasteiger partial charge in [0.15, 0.2) is 0 Å². The third-order valence-electron chi connectivity index (χ3n) is 3.94. The van der Waals surface area contributed by atoms with Crippen molar-refractivity contribution in [3.05, 3.63) is 0 Å². The Labute approximate surface area is 180 Å². The Morgan fingerprint density at radius 2 is 0.844 bits per heavy atom. The maximum atomic E-state index is 13.6. The van der Waals surface area contributed by atoms with Gasteiger partial charge < -0.3 is 5.11 Å². The summed E-state index contributed by atoms with van der Waals surface area (Å²) < 4.78 is 220. The minimum Gasteiger partial charge on any atom is -0.396 e. The van der Waals surface area contributed by atoms with Crippen LogP contribution < -0.4 is 0 Å². The van der Waals surface area contributed by atoms with Crippen LogP contribution in [0.4, 0.5) is 74.6 Å². The van der Waals surface area contributed by atoms with Crippen LogP contribution in [0, 0.1) is 0 Å². The van der Waals surface area contributed by atoms with Crippen molar-refractivity contribution in [2.45, 2.75) is 70.8 Å². The first kappa shape index (κ1) is 31.5. The van der Waals surface area contributed by atoms with Crippen LogP contribution in [0.5, 0.6) is 0 Å². The first-order chi connectivity index (χ1) is 13.7. The van der Waals surface area contributed by atoms with Crippen LogP contribution >= 0.6 is 22.6 Å². The van der Waals surface area contributed by atoms with Crippen LogP contribution in [-0.4, -0.2) is 63.3 Å². The van der Waals surface area contributed by atoms with E-state index in [2.05, 4.69) is 0 Å². The van der Waals surface area contributed by atoms with Gasteiger partial charge in [-0.2, -0.15) is 74.6 Å². The van der Waals surface area contributed by atoms with Crippen LogP contribution in [-0.2, 0) is 0 Å². The molecular formula is C13H10F17IO. The topological polar surface area (TPSA) is 20.2 Å². The van der Waals surface area contributed by atoms with Crippen molar-refractivity contribution in [2.75, 3.05) is 6.61 Å².